The number of hydrogen-bond donors (Lipinski definition) is 2. The third-order valence-corrected chi connectivity index (χ3v) is 1.58. The lowest BCUT2D eigenvalue weighted by atomic mass is 10.1. The van der Waals surface area contributed by atoms with Gasteiger partial charge in [-0.2, -0.15) is 0 Å². The number of aliphatic hydroxyl groups excluding tert-OH is 1. The van der Waals surface area contributed by atoms with Gasteiger partial charge in [0.15, 0.2) is 0 Å². The van der Waals surface area contributed by atoms with Crippen LogP contribution < -0.4 is 10.5 Å². The van der Waals surface area contributed by atoms with Crippen LogP contribution in [0, 0.1) is 0 Å². The van der Waals surface area contributed by atoms with E-state index in [1.165, 1.54) is 7.11 Å². The van der Waals surface area contributed by atoms with Crippen LogP contribution in [0.25, 0.3) is 0 Å². The summed E-state index contributed by atoms with van der Waals surface area (Å²) in [6, 6.07) is 3.37. The van der Waals surface area contributed by atoms with Crippen molar-refractivity contribution >= 4 is 0 Å². The lowest BCUT2D eigenvalue weighted by Gasteiger charge is -2.07. The van der Waals surface area contributed by atoms with E-state index in [0.29, 0.717) is 5.88 Å². The van der Waals surface area contributed by atoms with Gasteiger partial charge in [0.05, 0.1) is 13.2 Å². The highest BCUT2D eigenvalue weighted by Crippen LogP contribution is 2.15. The molecule has 3 N–H and O–H groups in total. The Morgan fingerprint density at radius 3 is 3.08 bits per heavy atom. The third kappa shape index (κ3) is 1.93. The molecular formula is C8H12N2O2. The Bertz CT molecular complexity index is 253. The summed E-state index contributed by atoms with van der Waals surface area (Å²) in [4.78, 5) is 3.90. The van der Waals surface area contributed by atoms with Crippen molar-refractivity contribution in [2.24, 2.45) is 5.73 Å². The van der Waals surface area contributed by atoms with E-state index in [1.807, 2.05) is 0 Å². The molecule has 1 atom stereocenters. The summed E-state index contributed by atoms with van der Waals surface area (Å²) in [6.45, 7) is 0.202. The Balaban J connectivity index is 2.86. The average molecular weight is 168 g/mol. The van der Waals surface area contributed by atoms with Gasteiger partial charge in [-0.25, -0.2) is 4.98 Å². The normalized spacial score (nSPS) is 12.6. The standard InChI is InChI=1S/C8H12N2O2/c1-12-8-4-6(2-3-10-8)7(11)5-9/h2-4,7,11H,5,9H2,1H3. The van der Waals surface area contributed by atoms with Gasteiger partial charge in [0.1, 0.15) is 0 Å². The molecule has 0 radical (unpaired) electrons. The molecule has 0 bridgehead atoms. The predicted octanol–water partition coefficient (Wildman–Crippen LogP) is 0.0823. The van der Waals surface area contributed by atoms with Gasteiger partial charge in [-0.3, -0.25) is 0 Å². The molecule has 1 aromatic rings. The summed E-state index contributed by atoms with van der Waals surface area (Å²) < 4.78 is 4.89. The number of aromatic nitrogens is 1. The Morgan fingerprint density at radius 2 is 2.50 bits per heavy atom. The van der Waals surface area contributed by atoms with Crippen molar-refractivity contribution < 1.29 is 9.84 Å². The second-order valence-corrected chi connectivity index (χ2v) is 2.38. The lowest BCUT2D eigenvalue weighted by Crippen LogP contribution is -2.11. The van der Waals surface area contributed by atoms with Crippen molar-refractivity contribution in [2.75, 3.05) is 13.7 Å². The molecule has 0 amide bonds. The smallest absolute Gasteiger partial charge is 0.213 e. The summed E-state index contributed by atoms with van der Waals surface area (Å²) in [6.07, 6.45) is 0.939. The first kappa shape index (κ1) is 8.96. The topological polar surface area (TPSA) is 68.4 Å². The molecule has 0 aliphatic rings. The summed E-state index contributed by atoms with van der Waals surface area (Å²) in [7, 11) is 1.53. The third-order valence-electron chi connectivity index (χ3n) is 1.58. The zero-order chi connectivity index (χ0) is 8.97. The van der Waals surface area contributed by atoms with Gasteiger partial charge >= 0.3 is 0 Å². The van der Waals surface area contributed by atoms with Gasteiger partial charge in [-0.05, 0) is 11.6 Å². The number of nitrogens with two attached hydrogens (primary N) is 1. The minimum absolute atomic E-state index is 0.202. The zero-order valence-corrected chi connectivity index (χ0v) is 6.90. The van der Waals surface area contributed by atoms with E-state index < -0.39 is 6.10 Å². The number of rotatable bonds is 3. The predicted molar refractivity (Wildman–Crippen MR) is 44.8 cm³/mol. The first-order valence-electron chi connectivity index (χ1n) is 3.66. The number of hydrogen-bond acceptors (Lipinski definition) is 4. The van der Waals surface area contributed by atoms with Crippen LogP contribution in [-0.2, 0) is 0 Å². The van der Waals surface area contributed by atoms with E-state index in [9.17, 15) is 5.11 Å². The van der Waals surface area contributed by atoms with Crippen LogP contribution in [0.4, 0.5) is 0 Å². The minimum Gasteiger partial charge on any atom is -0.481 e. The number of methoxy groups -OCH3 is 1. The van der Waals surface area contributed by atoms with Gasteiger partial charge in [-0.15, -0.1) is 0 Å². The van der Waals surface area contributed by atoms with Crippen molar-refractivity contribution in [3.05, 3.63) is 23.9 Å². The van der Waals surface area contributed by atoms with Crippen LogP contribution in [-0.4, -0.2) is 23.7 Å². The number of ether oxygens (including phenoxy) is 1. The zero-order valence-electron chi connectivity index (χ0n) is 6.90. The first-order valence-corrected chi connectivity index (χ1v) is 3.66. The fourth-order valence-electron chi connectivity index (χ4n) is 0.880. The summed E-state index contributed by atoms with van der Waals surface area (Å²) >= 11 is 0. The molecule has 4 heteroatoms. The van der Waals surface area contributed by atoms with Crippen LogP contribution in [0.15, 0.2) is 18.3 Å². The molecule has 12 heavy (non-hydrogen) atoms. The van der Waals surface area contributed by atoms with Crippen molar-refractivity contribution in [1.82, 2.24) is 4.98 Å². The van der Waals surface area contributed by atoms with Crippen LogP contribution in [0.5, 0.6) is 5.88 Å². The Kier molecular flexibility index (Phi) is 3.01. The first-order chi connectivity index (χ1) is 5.77. The van der Waals surface area contributed by atoms with Gasteiger partial charge < -0.3 is 15.6 Å². The molecule has 0 saturated heterocycles. The molecule has 0 aliphatic heterocycles. The highest BCUT2D eigenvalue weighted by atomic mass is 16.5. The fraction of sp³-hybridized carbons (Fsp3) is 0.375. The number of aliphatic hydroxyl groups is 1. The molecule has 1 unspecified atom stereocenters. The van der Waals surface area contributed by atoms with Gasteiger partial charge in [0, 0.05) is 18.8 Å². The lowest BCUT2D eigenvalue weighted by molar-refractivity contribution is 0.186. The molecule has 1 heterocycles. The van der Waals surface area contributed by atoms with Crippen LogP contribution >= 0.6 is 0 Å². The minimum atomic E-state index is -0.637. The second-order valence-electron chi connectivity index (χ2n) is 2.38. The average Bonchev–Trinajstić information content (AvgIpc) is 2.17. The van der Waals surface area contributed by atoms with Crippen molar-refractivity contribution in [2.45, 2.75) is 6.10 Å². The van der Waals surface area contributed by atoms with Crippen molar-refractivity contribution in [1.29, 1.82) is 0 Å². The van der Waals surface area contributed by atoms with Gasteiger partial charge in [0.25, 0.3) is 0 Å². The van der Waals surface area contributed by atoms with Crippen LogP contribution in [0.1, 0.15) is 11.7 Å². The van der Waals surface area contributed by atoms with E-state index in [-0.39, 0.29) is 6.54 Å². The second kappa shape index (κ2) is 4.04. The van der Waals surface area contributed by atoms with Crippen molar-refractivity contribution in [3.8, 4) is 5.88 Å². The largest absolute Gasteiger partial charge is 0.481 e. The van der Waals surface area contributed by atoms with E-state index in [0.717, 1.165) is 5.56 Å². The summed E-state index contributed by atoms with van der Waals surface area (Å²) in [5, 5.41) is 9.34. The highest BCUT2D eigenvalue weighted by Gasteiger charge is 2.05. The SMILES string of the molecule is COc1cc(C(O)CN)ccn1. The van der Waals surface area contributed by atoms with Gasteiger partial charge in [-0.1, -0.05) is 0 Å². The Hall–Kier alpha value is -1.13. The molecule has 0 aliphatic carbocycles. The highest BCUT2D eigenvalue weighted by molar-refractivity contribution is 5.22. The monoisotopic (exact) mass is 168 g/mol. The van der Waals surface area contributed by atoms with E-state index in [1.54, 1.807) is 18.3 Å². The molecular weight excluding hydrogens is 156 g/mol. The Labute approximate surface area is 71.0 Å². The maximum absolute atomic E-state index is 9.34. The van der Waals surface area contributed by atoms with Crippen LogP contribution in [0.3, 0.4) is 0 Å². The molecule has 0 spiro atoms. The van der Waals surface area contributed by atoms with Crippen molar-refractivity contribution in [3.63, 3.8) is 0 Å². The van der Waals surface area contributed by atoms with E-state index in [2.05, 4.69) is 4.98 Å². The van der Waals surface area contributed by atoms with E-state index >= 15 is 0 Å². The molecule has 4 nitrogen and oxygen atoms in total. The molecule has 1 rings (SSSR count). The Morgan fingerprint density at radius 1 is 1.75 bits per heavy atom. The summed E-state index contributed by atoms with van der Waals surface area (Å²) in [5.74, 6) is 0.486. The van der Waals surface area contributed by atoms with Gasteiger partial charge in [0.2, 0.25) is 5.88 Å². The number of pyridine rings is 1. The molecule has 0 saturated carbocycles. The molecule has 1 aromatic heterocycles. The quantitative estimate of drug-likeness (QED) is 0.670. The maximum atomic E-state index is 9.34. The molecule has 0 aromatic carbocycles. The maximum Gasteiger partial charge on any atom is 0.213 e. The molecule has 66 valence electrons. The summed E-state index contributed by atoms with van der Waals surface area (Å²) in [5.41, 5.74) is 6.01. The fourth-order valence-corrected chi connectivity index (χ4v) is 0.880. The molecule has 0 fully saturated rings. The van der Waals surface area contributed by atoms with Crippen LogP contribution in [0.2, 0.25) is 0 Å². The van der Waals surface area contributed by atoms with E-state index in [4.69, 9.17) is 10.5 Å². The number of nitrogens with zero attached hydrogens (tertiary/aromatic N) is 1.